The summed E-state index contributed by atoms with van der Waals surface area (Å²) in [5.41, 5.74) is 1.52. The molecule has 1 N–H and O–H groups in total. The van der Waals surface area contributed by atoms with Gasteiger partial charge in [0.25, 0.3) is 0 Å². The summed E-state index contributed by atoms with van der Waals surface area (Å²) in [6.07, 6.45) is 0. The van der Waals surface area contributed by atoms with Gasteiger partial charge in [0, 0.05) is 19.0 Å². The molecule has 0 aliphatic carbocycles. The van der Waals surface area contributed by atoms with Crippen LogP contribution in [0.5, 0.6) is 5.75 Å². The quantitative estimate of drug-likeness (QED) is 0.843. The summed E-state index contributed by atoms with van der Waals surface area (Å²) >= 11 is 0. The first-order chi connectivity index (χ1) is 7.55. The van der Waals surface area contributed by atoms with E-state index < -0.39 is 0 Å². The molecule has 1 aromatic rings. The highest BCUT2D eigenvalue weighted by atomic mass is 16.5. The molecule has 0 atom stereocenters. The fourth-order valence-electron chi connectivity index (χ4n) is 1.73. The van der Waals surface area contributed by atoms with Crippen LogP contribution in [0.15, 0.2) is 24.3 Å². The fraction of sp³-hybridized carbons (Fsp3) is 0.571. The molecule has 1 aliphatic heterocycles. The Kier molecular flexibility index (Phi) is 3.20. The molecule has 1 fully saturated rings. The molecule has 1 saturated heterocycles. The van der Waals surface area contributed by atoms with Gasteiger partial charge in [-0.3, -0.25) is 0 Å². The van der Waals surface area contributed by atoms with E-state index in [4.69, 9.17) is 4.74 Å². The Hall–Kier alpha value is -1.02. The molecule has 0 unspecified atom stereocenters. The SMILES string of the molecule is CC(C)(C)c1cccc(OCC2CNC2)c1. The van der Waals surface area contributed by atoms with Crippen LogP contribution in [0.4, 0.5) is 0 Å². The maximum atomic E-state index is 5.81. The van der Waals surface area contributed by atoms with E-state index in [1.54, 1.807) is 0 Å². The van der Waals surface area contributed by atoms with E-state index in [1.807, 2.05) is 6.07 Å². The van der Waals surface area contributed by atoms with Gasteiger partial charge in [-0.15, -0.1) is 0 Å². The zero-order valence-electron chi connectivity index (χ0n) is 10.4. The van der Waals surface area contributed by atoms with Crippen LogP contribution in [0, 0.1) is 5.92 Å². The largest absolute Gasteiger partial charge is 0.493 e. The lowest BCUT2D eigenvalue weighted by atomic mass is 9.87. The predicted molar refractivity (Wildman–Crippen MR) is 67.0 cm³/mol. The zero-order valence-corrected chi connectivity index (χ0v) is 10.4. The van der Waals surface area contributed by atoms with Crippen LogP contribution in [0.2, 0.25) is 0 Å². The van der Waals surface area contributed by atoms with E-state index in [9.17, 15) is 0 Å². The normalized spacial score (nSPS) is 16.9. The van der Waals surface area contributed by atoms with Crippen molar-refractivity contribution in [3.8, 4) is 5.75 Å². The molecule has 88 valence electrons. The molecule has 0 radical (unpaired) electrons. The molecule has 2 nitrogen and oxygen atoms in total. The summed E-state index contributed by atoms with van der Waals surface area (Å²) in [6.45, 7) is 9.70. The second-order valence-corrected chi connectivity index (χ2v) is 5.61. The molecule has 0 saturated carbocycles. The lowest BCUT2D eigenvalue weighted by molar-refractivity contribution is 0.199. The standard InChI is InChI=1S/C14H21NO/c1-14(2,3)12-5-4-6-13(7-12)16-10-11-8-15-9-11/h4-7,11,15H,8-10H2,1-3H3. The van der Waals surface area contributed by atoms with Crippen molar-refractivity contribution in [2.45, 2.75) is 26.2 Å². The van der Waals surface area contributed by atoms with Crippen LogP contribution in [0.1, 0.15) is 26.3 Å². The summed E-state index contributed by atoms with van der Waals surface area (Å²) in [5.74, 6) is 1.69. The first-order valence-electron chi connectivity index (χ1n) is 6.00. The molecule has 0 spiro atoms. The highest BCUT2D eigenvalue weighted by Crippen LogP contribution is 2.25. The topological polar surface area (TPSA) is 21.3 Å². The van der Waals surface area contributed by atoms with Crippen molar-refractivity contribution < 1.29 is 4.74 Å². The van der Waals surface area contributed by atoms with Gasteiger partial charge in [-0.2, -0.15) is 0 Å². The molecule has 1 heterocycles. The molecule has 2 rings (SSSR count). The molecule has 0 amide bonds. The predicted octanol–water partition coefficient (Wildman–Crippen LogP) is 2.58. The van der Waals surface area contributed by atoms with E-state index >= 15 is 0 Å². The minimum Gasteiger partial charge on any atom is -0.493 e. The number of benzene rings is 1. The van der Waals surface area contributed by atoms with Crippen LogP contribution in [-0.2, 0) is 5.41 Å². The monoisotopic (exact) mass is 219 g/mol. The number of ether oxygens (including phenoxy) is 1. The second kappa shape index (κ2) is 4.46. The third-order valence-electron chi connectivity index (χ3n) is 3.05. The molecule has 1 aromatic carbocycles. The van der Waals surface area contributed by atoms with Gasteiger partial charge in [-0.25, -0.2) is 0 Å². The Balaban J connectivity index is 1.98. The summed E-state index contributed by atoms with van der Waals surface area (Å²) in [7, 11) is 0. The van der Waals surface area contributed by atoms with E-state index in [1.165, 1.54) is 5.56 Å². The fourth-order valence-corrected chi connectivity index (χ4v) is 1.73. The van der Waals surface area contributed by atoms with Gasteiger partial charge in [0.15, 0.2) is 0 Å². The summed E-state index contributed by atoms with van der Waals surface area (Å²) in [4.78, 5) is 0. The smallest absolute Gasteiger partial charge is 0.119 e. The van der Waals surface area contributed by atoms with Crippen molar-refractivity contribution in [3.05, 3.63) is 29.8 Å². The van der Waals surface area contributed by atoms with Gasteiger partial charge in [0.05, 0.1) is 6.61 Å². The molecule has 16 heavy (non-hydrogen) atoms. The molecule has 0 aromatic heterocycles. The third-order valence-corrected chi connectivity index (χ3v) is 3.05. The van der Waals surface area contributed by atoms with E-state index in [2.05, 4.69) is 44.3 Å². The molecule has 0 bridgehead atoms. The molecular weight excluding hydrogens is 198 g/mol. The summed E-state index contributed by atoms with van der Waals surface area (Å²) < 4.78 is 5.81. The van der Waals surface area contributed by atoms with Gasteiger partial charge in [-0.1, -0.05) is 32.9 Å². The minimum absolute atomic E-state index is 0.192. The van der Waals surface area contributed by atoms with Gasteiger partial charge >= 0.3 is 0 Å². The Bertz CT molecular complexity index is 350. The van der Waals surface area contributed by atoms with E-state index in [-0.39, 0.29) is 5.41 Å². The lowest BCUT2D eigenvalue weighted by Gasteiger charge is -2.27. The van der Waals surface area contributed by atoms with Crippen molar-refractivity contribution in [2.75, 3.05) is 19.7 Å². The average Bonchev–Trinajstić information content (AvgIpc) is 2.14. The Morgan fingerprint density at radius 3 is 2.62 bits per heavy atom. The van der Waals surface area contributed by atoms with E-state index in [0.29, 0.717) is 5.92 Å². The Labute approximate surface area is 98.0 Å². The molecule has 2 heteroatoms. The van der Waals surface area contributed by atoms with Crippen LogP contribution in [0.25, 0.3) is 0 Å². The number of hydrogen-bond acceptors (Lipinski definition) is 2. The van der Waals surface area contributed by atoms with Crippen LogP contribution in [0.3, 0.4) is 0 Å². The first kappa shape index (κ1) is 11.5. The summed E-state index contributed by atoms with van der Waals surface area (Å²) in [5, 5.41) is 3.25. The highest BCUT2D eigenvalue weighted by molar-refractivity contribution is 5.32. The lowest BCUT2D eigenvalue weighted by Crippen LogP contribution is -2.45. The zero-order chi connectivity index (χ0) is 11.6. The molecule has 1 aliphatic rings. The van der Waals surface area contributed by atoms with E-state index in [0.717, 1.165) is 25.4 Å². The van der Waals surface area contributed by atoms with Crippen molar-refractivity contribution in [2.24, 2.45) is 5.92 Å². The Morgan fingerprint density at radius 2 is 2.06 bits per heavy atom. The summed E-state index contributed by atoms with van der Waals surface area (Å²) in [6, 6.07) is 8.44. The van der Waals surface area contributed by atoms with Crippen molar-refractivity contribution >= 4 is 0 Å². The van der Waals surface area contributed by atoms with Crippen molar-refractivity contribution in [1.82, 2.24) is 5.32 Å². The average molecular weight is 219 g/mol. The second-order valence-electron chi connectivity index (χ2n) is 5.61. The number of rotatable bonds is 3. The van der Waals surface area contributed by atoms with Gasteiger partial charge in [0.2, 0.25) is 0 Å². The van der Waals surface area contributed by atoms with Gasteiger partial charge in [-0.05, 0) is 23.1 Å². The number of nitrogens with one attached hydrogen (secondary N) is 1. The highest BCUT2D eigenvalue weighted by Gasteiger charge is 2.18. The Morgan fingerprint density at radius 1 is 1.31 bits per heavy atom. The first-order valence-corrected chi connectivity index (χ1v) is 6.00. The van der Waals surface area contributed by atoms with Crippen LogP contribution < -0.4 is 10.1 Å². The van der Waals surface area contributed by atoms with Crippen LogP contribution in [-0.4, -0.2) is 19.7 Å². The number of hydrogen-bond donors (Lipinski definition) is 1. The minimum atomic E-state index is 0.192. The maximum absolute atomic E-state index is 5.81. The van der Waals surface area contributed by atoms with Crippen molar-refractivity contribution in [1.29, 1.82) is 0 Å². The maximum Gasteiger partial charge on any atom is 0.119 e. The van der Waals surface area contributed by atoms with Gasteiger partial charge < -0.3 is 10.1 Å². The van der Waals surface area contributed by atoms with Gasteiger partial charge in [0.1, 0.15) is 5.75 Å². The molecular formula is C14H21NO. The van der Waals surface area contributed by atoms with Crippen molar-refractivity contribution in [3.63, 3.8) is 0 Å². The third kappa shape index (κ3) is 2.76. The van der Waals surface area contributed by atoms with Crippen LogP contribution >= 0.6 is 0 Å².